The van der Waals surface area contributed by atoms with Crippen molar-refractivity contribution in [2.24, 2.45) is 11.6 Å². The molecule has 0 atom stereocenters. The Bertz CT molecular complexity index is 114. The number of hydrazine groups is 1. The van der Waals surface area contributed by atoms with Gasteiger partial charge in [0.05, 0.1) is 0 Å². The lowest BCUT2D eigenvalue weighted by molar-refractivity contribution is 0.207. The third-order valence-corrected chi connectivity index (χ3v) is 0.512. The van der Waals surface area contributed by atoms with Crippen LogP contribution in [0.4, 0.5) is 4.79 Å². The smallest absolute Gasteiger partial charge is 0.382 e. The molecule has 0 aliphatic heterocycles. The maximum absolute atomic E-state index is 9.79. The molecule has 0 saturated heterocycles. The van der Waals surface area contributed by atoms with Crippen LogP contribution < -0.4 is 17.0 Å². The van der Waals surface area contributed by atoms with Crippen LogP contribution in [-0.4, -0.2) is 11.3 Å². The molecule has 0 aromatic heterocycles. The second-order valence-electron chi connectivity index (χ2n) is 0.853. The molecule has 0 heterocycles. The molecule has 0 aromatic rings. The average Bonchev–Trinajstić information content (AvgIpc) is 1.65. The van der Waals surface area contributed by atoms with E-state index < -0.39 is 6.09 Å². The van der Waals surface area contributed by atoms with Crippen LogP contribution in [0.5, 0.6) is 0 Å². The molecule has 0 rings (SSSR count). The van der Waals surface area contributed by atoms with Crippen molar-refractivity contribution in [1.29, 1.82) is 0 Å². The summed E-state index contributed by atoms with van der Waals surface area (Å²) in [6, 6.07) is 0. The third-order valence-electron chi connectivity index (χ3n) is 0.311. The van der Waals surface area contributed by atoms with E-state index in [1.165, 1.54) is 0 Å². The van der Waals surface area contributed by atoms with Crippen LogP contribution in [0.15, 0.2) is 0 Å². The summed E-state index contributed by atoms with van der Waals surface area (Å²) >= 11 is 4.27. The Labute approximate surface area is 50.9 Å². The maximum atomic E-state index is 9.79. The van der Waals surface area contributed by atoms with Crippen LogP contribution in [0, 0.1) is 0 Å². The van der Waals surface area contributed by atoms with Crippen molar-refractivity contribution in [3.63, 3.8) is 0 Å². The molecule has 5 N–H and O–H groups in total. The van der Waals surface area contributed by atoms with Gasteiger partial charge in [0.2, 0.25) is 0 Å². The summed E-state index contributed by atoms with van der Waals surface area (Å²) in [5.41, 5.74) is 6.43. The number of ether oxygens (including phenoxy) is 1. The first kappa shape index (κ1) is 7.12. The molecule has 46 valence electrons. The normalized spacial score (nSPS) is 7.62. The van der Waals surface area contributed by atoms with Gasteiger partial charge in [0.15, 0.2) is 0 Å². The van der Waals surface area contributed by atoms with Crippen LogP contribution in [0.2, 0.25) is 0 Å². The third kappa shape index (κ3) is 3.32. The quantitative estimate of drug-likeness (QED) is 0.221. The number of carbonyl (C=O) groups is 1. The molecular formula is C2H5N3O2S. The first-order valence-corrected chi connectivity index (χ1v) is 2.05. The van der Waals surface area contributed by atoms with Gasteiger partial charge in [-0.05, 0) is 12.2 Å². The Hall–Kier alpha value is -0.880. The number of hydrogen-bond acceptors (Lipinski definition) is 4. The molecule has 0 saturated carbocycles. The predicted octanol–water partition coefficient (Wildman–Crippen LogP) is -1.17. The van der Waals surface area contributed by atoms with Crippen molar-refractivity contribution >= 4 is 23.5 Å². The summed E-state index contributed by atoms with van der Waals surface area (Å²) in [5, 5.41) is -0.238. The summed E-state index contributed by atoms with van der Waals surface area (Å²) in [5.74, 6) is 4.70. The van der Waals surface area contributed by atoms with Crippen molar-refractivity contribution in [3.8, 4) is 0 Å². The average molecular weight is 135 g/mol. The number of thiocarbonyl (C=S) groups is 1. The minimum absolute atomic E-state index is 0.238. The van der Waals surface area contributed by atoms with Crippen LogP contribution in [0.25, 0.3) is 0 Å². The van der Waals surface area contributed by atoms with E-state index in [-0.39, 0.29) is 5.17 Å². The molecule has 0 spiro atoms. The lowest BCUT2D eigenvalue weighted by atomic mass is 11.2. The SMILES string of the molecule is NNC(=S)OC(N)=O. The van der Waals surface area contributed by atoms with Crippen LogP contribution in [-0.2, 0) is 4.74 Å². The van der Waals surface area contributed by atoms with E-state index in [1.54, 1.807) is 0 Å². The fraction of sp³-hybridized carbons (Fsp3) is 0. The monoisotopic (exact) mass is 135 g/mol. The summed E-state index contributed by atoms with van der Waals surface area (Å²) < 4.78 is 4.03. The zero-order valence-electron chi connectivity index (χ0n) is 3.88. The maximum Gasteiger partial charge on any atom is 0.411 e. The van der Waals surface area contributed by atoms with Gasteiger partial charge < -0.3 is 10.5 Å². The van der Waals surface area contributed by atoms with Gasteiger partial charge in [-0.3, -0.25) is 5.43 Å². The van der Waals surface area contributed by atoms with Gasteiger partial charge in [0, 0.05) is 0 Å². The molecule has 0 fully saturated rings. The second kappa shape index (κ2) is 3.16. The number of primary amides is 1. The highest BCUT2D eigenvalue weighted by Gasteiger charge is 1.95. The van der Waals surface area contributed by atoms with Crippen molar-refractivity contribution in [1.82, 2.24) is 5.43 Å². The number of nitrogens with one attached hydrogen (secondary N) is 1. The minimum atomic E-state index is -0.979. The highest BCUT2D eigenvalue weighted by atomic mass is 32.1. The van der Waals surface area contributed by atoms with E-state index in [0.29, 0.717) is 0 Å². The number of hydrogen-bond donors (Lipinski definition) is 3. The zero-order chi connectivity index (χ0) is 6.57. The van der Waals surface area contributed by atoms with E-state index in [4.69, 9.17) is 5.84 Å². The summed E-state index contributed by atoms with van der Waals surface area (Å²) in [6.45, 7) is 0. The van der Waals surface area contributed by atoms with E-state index in [1.807, 2.05) is 5.43 Å². The van der Waals surface area contributed by atoms with Gasteiger partial charge >= 0.3 is 6.09 Å². The minimum Gasteiger partial charge on any atom is -0.382 e. The summed E-state index contributed by atoms with van der Waals surface area (Å²) in [4.78, 5) is 9.79. The topological polar surface area (TPSA) is 90.4 Å². The van der Waals surface area contributed by atoms with Crippen molar-refractivity contribution in [2.75, 3.05) is 0 Å². The molecule has 8 heavy (non-hydrogen) atoms. The van der Waals surface area contributed by atoms with Crippen LogP contribution in [0.3, 0.4) is 0 Å². The highest BCUT2D eigenvalue weighted by Crippen LogP contribution is 1.72. The molecular weight excluding hydrogens is 130 g/mol. The number of amides is 1. The second-order valence-corrected chi connectivity index (χ2v) is 1.22. The Morgan fingerprint density at radius 2 is 2.25 bits per heavy atom. The standard InChI is InChI=1S/C2H5N3O2S/c3-1(6)7-2(8)5-4/h4H2,(H2,3,6)(H,5,8). The van der Waals surface area contributed by atoms with E-state index >= 15 is 0 Å². The Balaban J connectivity index is 3.40. The molecule has 5 nitrogen and oxygen atoms in total. The Morgan fingerprint density at radius 3 is 2.38 bits per heavy atom. The van der Waals surface area contributed by atoms with E-state index in [9.17, 15) is 4.79 Å². The molecule has 1 amide bonds. The lowest BCUT2D eigenvalue weighted by Crippen LogP contribution is -2.33. The van der Waals surface area contributed by atoms with Gasteiger partial charge in [-0.2, -0.15) is 0 Å². The molecule has 6 heteroatoms. The zero-order valence-corrected chi connectivity index (χ0v) is 4.70. The first-order valence-electron chi connectivity index (χ1n) is 1.64. The number of carbonyl (C=O) groups excluding carboxylic acids is 1. The summed E-state index contributed by atoms with van der Waals surface area (Å²) in [6.07, 6.45) is -0.979. The fourth-order valence-corrected chi connectivity index (χ4v) is 0.203. The van der Waals surface area contributed by atoms with Gasteiger partial charge in [0.25, 0.3) is 5.17 Å². The van der Waals surface area contributed by atoms with Crippen molar-refractivity contribution in [2.45, 2.75) is 0 Å². The summed E-state index contributed by atoms with van der Waals surface area (Å²) in [7, 11) is 0. The first-order chi connectivity index (χ1) is 3.66. The van der Waals surface area contributed by atoms with Crippen molar-refractivity contribution in [3.05, 3.63) is 0 Å². The van der Waals surface area contributed by atoms with E-state index in [2.05, 4.69) is 22.7 Å². The Kier molecular flexibility index (Phi) is 2.82. The Morgan fingerprint density at radius 1 is 1.75 bits per heavy atom. The van der Waals surface area contributed by atoms with Gasteiger partial charge in [-0.15, -0.1) is 0 Å². The molecule has 0 unspecified atom stereocenters. The van der Waals surface area contributed by atoms with Gasteiger partial charge in [-0.25, -0.2) is 10.6 Å². The lowest BCUT2D eigenvalue weighted by Gasteiger charge is -1.97. The predicted molar refractivity (Wildman–Crippen MR) is 30.6 cm³/mol. The number of nitrogens with two attached hydrogens (primary N) is 2. The molecule has 0 aromatic carbocycles. The molecule has 0 aliphatic carbocycles. The molecule has 0 radical (unpaired) electrons. The fourth-order valence-electron chi connectivity index (χ4n) is 0.121. The van der Waals surface area contributed by atoms with Crippen LogP contribution >= 0.6 is 12.2 Å². The molecule has 0 bridgehead atoms. The van der Waals surface area contributed by atoms with Crippen molar-refractivity contribution < 1.29 is 9.53 Å². The largest absolute Gasteiger partial charge is 0.411 e. The number of rotatable bonds is 0. The van der Waals surface area contributed by atoms with E-state index in [0.717, 1.165) is 0 Å². The highest BCUT2D eigenvalue weighted by molar-refractivity contribution is 7.80. The van der Waals surface area contributed by atoms with Gasteiger partial charge in [0.1, 0.15) is 0 Å². The molecule has 0 aliphatic rings. The van der Waals surface area contributed by atoms with Gasteiger partial charge in [-0.1, -0.05) is 0 Å². The van der Waals surface area contributed by atoms with Crippen LogP contribution in [0.1, 0.15) is 0 Å².